The van der Waals surface area contributed by atoms with Gasteiger partial charge in [0.05, 0.1) is 0 Å². The van der Waals surface area contributed by atoms with Crippen molar-refractivity contribution in [3.8, 4) is 0 Å². The second-order valence-corrected chi connectivity index (χ2v) is 5.17. The Kier molecular flexibility index (Phi) is 5.98. The maximum Gasteiger partial charge on any atom is 0.0402 e. The number of alkyl halides is 1. The van der Waals surface area contributed by atoms with Gasteiger partial charge in [0, 0.05) is 11.4 Å². The molecule has 0 saturated heterocycles. The Hall–Kier alpha value is 0.250. The molecule has 0 saturated carbocycles. The van der Waals surface area contributed by atoms with Crippen molar-refractivity contribution in [2.24, 2.45) is 5.92 Å². The fourth-order valence-corrected chi connectivity index (χ4v) is 1.35. The van der Waals surface area contributed by atoms with Crippen LogP contribution in [0.1, 0.15) is 40.5 Å². The van der Waals surface area contributed by atoms with Crippen LogP contribution in [0.4, 0.5) is 0 Å². The third-order valence-electron chi connectivity index (χ3n) is 2.64. The summed E-state index contributed by atoms with van der Waals surface area (Å²) in [6.07, 6.45) is 2.58. The van der Waals surface area contributed by atoms with Gasteiger partial charge < -0.3 is 4.90 Å². The van der Waals surface area contributed by atoms with Crippen molar-refractivity contribution in [3.63, 3.8) is 0 Å². The van der Waals surface area contributed by atoms with E-state index in [1.807, 2.05) is 0 Å². The van der Waals surface area contributed by atoms with E-state index in [4.69, 9.17) is 11.6 Å². The maximum absolute atomic E-state index is 5.89. The zero-order chi connectivity index (χ0) is 10.5. The van der Waals surface area contributed by atoms with Crippen LogP contribution in [-0.4, -0.2) is 29.9 Å². The Morgan fingerprint density at radius 3 is 2.23 bits per heavy atom. The summed E-state index contributed by atoms with van der Waals surface area (Å²) in [4.78, 5) is 2.35. The summed E-state index contributed by atoms with van der Waals surface area (Å²) in [5.74, 6) is 1.51. The van der Waals surface area contributed by atoms with Crippen LogP contribution in [-0.2, 0) is 0 Å². The van der Waals surface area contributed by atoms with Crippen molar-refractivity contribution >= 4 is 11.6 Å². The van der Waals surface area contributed by atoms with Crippen molar-refractivity contribution in [1.29, 1.82) is 0 Å². The number of hydrogen-bond donors (Lipinski definition) is 0. The highest BCUT2D eigenvalue weighted by atomic mass is 35.5. The molecule has 0 spiro atoms. The number of hydrogen-bond acceptors (Lipinski definition) is 1. The molecule has 0 aromatic heterocycles. The lowest BCUT2D eigenvalue weighted by Gasteiger charge is -2.34. The first-order chi connectivity index (χ1) is 5.90. The molecule has 0 rings (SSSR count). The molecule has 0 radical (unpaired) electrons. The summed E-state index contributed by atoms with van der Waals surface area (Å²) in [5.41, 5.74) is 0.137. The van der Waals surface area contributed by atoms with E-state index in [0.29, 0.717) is 5.88 Å². The highest BCUT2D eigenvalue weighted by Crippen LogP contribution is 2.15. The normalized spacial score (nSPS) is 12.9. The summed E-state index contributed by atoms with van der Waals surface area (Å²) in [6.45, 7) is 10.1. The quantitative estimate of drug-likeness (QED) is 0.601. The third kappa shape index (κ3) is 5.53. The predicted octanol–water partition coefficient (Wildman–Crippen LogP) is 3.37. The van der Waals surface area contributed by atoms with Gasteiger partial charge in [0.15, 0.2) is 0 Å². The summed E-state index contributed by atoms with van der Waals surface area (Å²) >= 11 is 5.89. The van der Waals surface area contributed by atoms with Gasteiger partial charge in [0.25, 0.3) is 0 Å². The highest BCUT2D eigenvalue weighted by Gasteiger charge is 2.21. The fourth-order valence-electron chi connectivity index (χ4n) is 1.14. The number of rotatable bonds is 6. The molecular formula is C11H24ClN. The molecule has 0 aromatic rings. The van der Waals surface area contributed by atoms with Crippen molar-refractivity contribution in [3.05, 3.63) is 0 Å². The van der Waals surface area contributed by atoms with Gasteiger partial charge in [-0.1, -0.05) is 13.8 Å². The minimum absolute atomic E-state index is 0.137. The molecule has 0 aliphatic carbocycles. The zero-order valence-corrected chi connectivity index (χ0v) is 10.5. The minimum atomic E-state index is 0.137. The predicted molar refractivity (Wildman–Crippen MR) is 61.5 cm³/mol. The van der Waals surface area contributed by atoms with Crippen LogP contribution in [0.15, 0.2) is 0 Å². The molecular weight excluding hydrogens is 182 g/mol. The lowest BCUT2D eigenvalue weighted by molar-refractivity contribution is 0.174. The van der Waals surface area contributed by atoms with Crippen LogP contribution in [0, 0.1) is 5.92 Å². The second-order valence-electron chi connectivity index (χ2n) is 4.90. The van der Waals surface area contributed by atoms with Gasteiger partial charge in [0.1, 0.15) is 0 Å². The van der Waals surface area contributed by atoms with Gasteiger partial charge in [-0.15, -0.1) is 11.6 Å². The van der Waals surface area contributed by atoms with E-state index in [1.54, 1.807) is 0 Å². The highest BCUT2D eigenvalue weighted by molar-refractivity contribution is 6.18. The summed E-state index contributed by atoms with van der Waals surface area (Å²) in [5, 5.41) is 0. The van der Waals surface area contributed by atoms with E-state index in [1.165, 1.54) is 12.8 Å². The Balaban J connectivity index is 3.68. The van der Waals surface area contributed by atoms with E-state index in [-0.39, 0.29) is 5.54 Å². The molecule has 0 aliphatic rings. The van der Waals surface area contributed by atoms with Gasteiger partial charge in [-0.25, -0.2) is 0 Å². The average molecular weight is 206 g/mol. The first kappa shape index (κ1) is 13.2. The summed E-state index contributed by atoms with van der Waals surface area (Å²) < 4.78 is 0. The topological polar surface area (TPSA) is 3.24 Å². The van der Waals surface area contributed by atoms with Crippen LogP contribution >= 0.6 is 11.6 Å². The molecule has 0 fully saturated rings. The second kappa shape index (κ2) is 5.87. The number of halogens is 1. The van der Waals surface area contributed by atoms with Crippen molar-refractivity contribution < 1.29 is 0 Å². The minimum Gasteiger partial charge on any atom is -0.300 e. The molecule has 0 unspecified atom stereocenters. The van der Waals surface area contributed by atoms with Crippen LogP contribution in [0.25, 0.3) is 0 Å². The molecule has 80 valence electrons. The van der Waals surface area contributed by atoms with Crippen LogP contribution in [0.5, 0.6) is 0 Å². The lowest BCUT2D eigenvalue weighted by Crippen LogP contribution is -2.43. The van der Waals surface area contributed by atoms with Crippen LogP contribution < -0.4 is 0 Å². The van der Waals surface area contributed by atoms with E-state index >= 15 is 0 Å². The molecule has 0 N–H and O–H groups in total. The van der Waals surface area contributed by atoms with E-state index in [9.17, 15) is 0 Å². The van der Waals surface area contributed by atoms with Crippen LogP contribution in [0.3, 0.4) is 0 Å². The van der Waals surface area contributed by atoms with Crippen molar-refractivity contribution in [1.82, 2.24) is 4.90 Å². The Bertz CT molecular complexity index is 132. The van der Waals surface area contributed by atoms with Gasteiger partial charge in [-0.3, -0.25) is 0 Å². The van der Waals surface area contributed by atoms with Crippen molar-refractivity contribution in [2.75, 3.05) is 19.5 Å². The summed E-state index contributed by atoms with van der Waals surface area (Å²) in [7, 11) is 2.16. The summed E-state index contributed by atoms with van der Waals surface area (Å²) in [6, 6.07) is 0. The standard InChI is InChI=1S/C11H24ClN/c1-10(2)7-6-8-13(5)11(3,4)9-12/h10H,6-9H2,1-5H3. The SMILES string of the molecule is CC(C)CCCN(C)C(C)(C)CCl. The first-order valence-corrected chi connectivity index (χ1v) is 5.71. The molecule has 1 nitrogen and oxygen atoms in total. The van der Waals surface area contributed by atoms with E-state index < -0.39 is 0 Å². The largest absolute Gasteiger partial charge is 0.300 e. The Morgan fingerprint density at radius 1 is 1.31 bits per heavy atom. The molecule has 0 atom stereocenters. The van der Waals surface area contributed by atoms with Gasteiger partial charge in [0.2, 0.25) is 0 Å². The third-order valence-corrected chi connectivity index (χ3v) is 3.29. The monoisotopic (exact) mass is 205 g/mol. The van der Waals surface area contributed by atoms with Crippen LogP contribution in [0.2, 0.25) is 0 Å². The van der Waals surface area contributed by atoms with Gasteiger partial charge in [-0.05, 0) is 46.2 Å². The molecule has 2 heteroatoms. The molecule has 0 aromatic carbocycles. The average Bonchev–Trinajstić information content (AvgIpc) is 2.03. The molecule has 0 bridgehead atoms. The zero-order valence-electron chi connectivity index (χ0n) is 9.73. The smallest absolute Gasteiger partial charge is 0.0402 e. The Morgan fingerprint density at radius 2 is 1.85 bits per heavy atom. The first-order valence-electron chi connectivity index (χ1n) is 5.17. The van der Waals surface area contributed by atoms with E-state index in [2.05, 4.69) is 39.6 Å². The van der Waals surface area contributed by atoms with Gasteiger partial charge >= 0.3 is 0 Å². The molecule has 13 heavy (non-hydrogen) atoms. The molecule has 0 amide bonds. The van der Waals surface area contributed by atoms with E-state index in [0.717, 1.165) is 12.5 Å². The Labute approximate surface area is 88.5 Å². The number of nitrogens with zero attached hydrogens (tertiary/aromatic N) is 1. The maximum atomic E-state index is 5.89. The van der Waals surface area contributed by atoms with Crippen molar-refractivity contribution in [2.45, 2.75) is 46.1 Å². The fraction of sp³-hybridized carbons (Fsp3) is 1.00. The lowest BCUT2D eigenvalue weighted by atomic mass is 10.0. The molecule has 0 aliphatic heterocycles. The van der Waals surface area contributed by atoms with Gasteiger partial charge in [-0.2, -0.15) is 0 Å². The molecule has 0 heterocycles.